The van der Waals surface area contributed by atoms with Crippen LogP contribution in [-0.4, -0.2) is 20.9 Å². The minimum Gasteiger partial charge on any atom is -0.478 e. The lowest BCUT2D eigenvalue weighted by Gasteiger charge is -2.04. The quantitative estimate of drug-likeness (QED) is 0.775. The highest BCUT2D eigenvalue weighted by atomic mass is 35.5. The third-order valence-electron chi connectivity index (χ3n) is 3.21. The Morgan fingerprint density at radius 1 is 1.14 bits per heavy atom. The SMILES string of the molecule is Nc1cc(-c2ccc(Cl)cc2)nn1-c1cccc(C(=O)O)c1. The van der Waals surface area contributed by atoms with E-state index >= 15 is 0 Å². The maximum atomic E-state index is 11.1. The van der Waals surface area contributed by atoms with E-state index in [0.717, 1.165) is 5.56 Å². The van der Waals surface area contributed by atoms with Gasteiger partial charge in [-0.1, -0.05) is 29.8 Å². The van der Waals surface area contributed by atoms with Crippen LogP contribution in [0.5, 0.6) is 0 Å². The van der Waals surface area contributed by atoms with Crippen LogP contribution in [0.25, 0.3) is 16.9 Å². The van der Waals surface area contributed by atoms with Crippen LogP contribution < -0.4 is 5.73 Å². The molecule has 1 aromatic heterocycles. The molecular formula is C16H12ClN3O2. The molecule has 2 aromatic carbocycles. The Balaban J connectivity index is 2.04. The first-order chi connectivity index (χ1) is 10.5. The summed E-state index contributed by atoms with van der Waals surface area (Å²) in [7, 11) is 0. The van der Waals surface area contributed by atoms with Crippen molar-refractivity contribution in [3.05, 3.63) is 65.2 Å². The van der Waals surface area contributed by atoms with Crippen LogP contribution in [0.4, 0.5) is 5.82 Å². The van der Waals surface area contributed by atoms with Gasteiger partial charge < -0.3 is 10.8 Å². The second kappa shape index (κ2) is 5.54. The number of rotatable bonds is 3. The van der Waals surface area contributed by atoms with Crippen molar-refractivity contribution in [3.8, 4) is 16.9 Å². The van der Waals surface area contributed by atoms with Gasteiger partial charge in [0.25, 0.3) is 0 Å². The Morgan fingerprint density at radius 2 is 1.86 bits per heavy atom. The van der Waals surface area contributed by atoms with Crippen molar-refractivity contribution < 1.29 is 9.90 Å². The summed E-state index contributed by atoms with van der Waals surface area (Å²) in [5.74, 6) is -0.571. The minimum absolute atomic E-state index is 0.181. The molecule has 0 atom stereocenters. The number of nitrogens with zero attached hydrogens (tertiary/aromatic N) is 2. The average molecular weight is 314 g/mol. The van der Waals surface area contributed by atoms with Gasteiger partial charge in [-0.25, -0.2) is 9.48 Å². The summed E-state index contributed by atoms with van der Waals surface area (Å²) in [6.07, 6.45) is 0. The molecule has 0 aliphatic rings. The minimum atomic E-state index is -0.995. The molecular weight excluding hydrogens is 302 g/mol. The largest absolute Gasteiger partial charge is 0.478 e. The molecule has 0 aliphatic carbocycles. The third kappa shape index (κ3) is 2.66. The van der Waals surface area contributed by atoms with Gasteiger partial charge in [-0.15, -0.1) is 0 Å². The molecule has 5 nitrogen and oxygen atoms in total. The molecule has 3 aromatic rings. The fourth-order valence-corrected chi connectivity index (χ4v) is 2.26. The van der Waals surface area contributed by atoms with Crippen LogP contribution in [-0.2, 0) is 0 Å². The number of aromatic nitrogens is 2. The molecule has 0 spiro atoms. The lowest BCUT2D eigenvalue weighted by molar-refractivity contribution is 0.0697. The predicted octanol–water partition coefficient (Wildman–Crippen LogP) is 3.47. The normalized spacial score (nSPS) is 10.6. The van der Waals surface area contributed by atoms with Crippen LogP contribution in [0.3, 0.4) is 0 Å². The Morgan fingerprint density at radius 3 is 2.55 bits per heavy atom. The van der Waals surface area contributed by atoms with Crippen molar-refractivity contribution >= 4 is 23.4 Å². The van der Waals surface area contributed by atoms with Crippen LogP contribution in [0.15, 0.2) is 54.6 Å². The van der Waals surface area contributed by atoms with E-state index in [2.05, 4.69) is 5.10 Å². The first-order valence-electron chi connectivity index (χ1n) is 6.50. The number of hydrogen-bond donors (Lipinski definition) is 2. The van der Waals surface area contributed by atoms with E-state index in [-0.39, 0.29) is 5.56 Å². The number of carboxylic acid groups (broad SMARTS) is 1. The van der Waals surface area contributed by atoms with E-state index < -0.39 is 5.97 Å². The second-order valence-electron chi connectivity index (χ2n) is 4.73. The van der Waals surface area contributed by atoms with E-state index in [9.17, 15) is 4.79 Å². The van der Waals surface area contributed by atoms with Crippen LogP contribution in [0.2, 0.25) is 5.02 Å². The Labute approximate surface area is 131 Å². The van der Waals surface area contributed by atoms with Crippen LogP contribution in [0, 0.1) is 0 Å². The summed E-state index contributed by atoms with van der Waals surface area (Å²) in [6.45, 7) is 0. The number of benzene rings is 2. The highest BCUT2D eigenvalue weighted by molar-refractivity contribution is 6.30. The zero-order valence-corrected chi connectivity index (χ0v) is 12.2. The van der Waals surface area contributed by atoms with Crippen molar-refractivity contribution in [3.63, 3.8) is 0 Å². The van der Waals surface area contributed by atoms with Crippen LogP contribution >= 0.6 is 11.6 Å². The zero-order chi connectivity index (χ0) is 15.7. The Hall–Kier alpha value is -2.79. The van der Waals surface area contributed by atoms with Gasteiger partial charge in [0, 0.05) is 16.7 Å². The number of nitrogens with two attached hydrogens (primary N) is 1. The van der Waals surface area contributed by atoms with Gasteiger partial charge in [0.2, 0.25) is 0 Å². The molecule has 0 aliphatic heterocycles. The molecule has 0 bridgehead atoms. The summed E-state index contributed by atoms with van der Waals surface area (Å²) in [5.41, 5.74) is 8.34. The molecule has 6 heteroatoms. The van der Waals surface area contributed by atoms with E-state index in [0.29, 0.717) is 22.2 Å². The highest BCUT2D eigenvalue weighted by Crippen LogP contribution is 2.24. The molecule has 0 saturated heterocycles. The fraction of sp³-hybridized carbons (Fsp3) is 0. The molecule has 0 radical (unpaired) electrons. The third-order valence-corrected chi connectivity index (χ3v) is 3.47. The Bertz CT molecular complexity index is 841. The summed E-state index contributed by atoms with van der Waals surface area (Å²) >= 11 is 5.87. The number of carboxylic acids is 1. The van der Waals surface area contributed by atoms with Crippen molar-refractivity contribution in [2.24, 2.45) is 0 Å². The summed E-state index contributed by atoms with van der Waals surface area (Å²) in [6, 6.07) is 15.4. The van der Waals surface area contributed by atoms with Crippen molar-refractivity contribution in [1.82, 2.24) is 9.78 Å². The number of hydrogen-bond acceptors (Lipinski definition) is 3. The van der Waals surface area contributed by atoms with E-state index in [1.165, 1.54) is 16.8 Å². The van der Waals surface area contributed by atoms with Gasteiger partial charge in [-0.05, 0) is 30.3 Å². The van der Waals surface area contributed by atoms with E-state index in [1.807, 2.05) is 12.1 Å². The molecule has 1 heterocycles. The lowest BCUT2D eigenvalue weighted by Crippen LogP contribution is -2.04. The number of nitrogen functional groups attached to an aromatic ring is 1. The fourth-order valence-electron chi connectivity index (χ4n) is 2.13. The van der Waals surface area contributed by atoms with Crippen molar-refractivity contribution in [1.29, 1.82) is 0 Å². The monoisotopic (exact) mass is 313 g/mol. The number of anilines is 1. The first kappa shape index (κ1) is 14.2. The molecule has 0 unspecified atom stereocenters. The molecule has 0 saturated carbocycles. The van der Waals surface area contributed by atoms with Gasteiger partial charge in [0.05, 0.1) is 16.9 Å². The molecule has 0 fully saturated rings. The maximum absolute atomic E-state index is 11.1. The smallest absolute Gasteiger partial charge is 0.335 e. The van der Waals surface area contributed by atoms with E-state index in [1.54, 1.807) is 30.3 Å². The topological polar surface area (TPSA) is 81.1 Å². The molecule has 3 N–H and O–H groups in total. The molecule has 110 valence electrons. The molecule has 22 heavy (non-hydrogen) atoms. The summed E-state index contributed by atoms with van der Waals surface area (Å²) in [4.78, 5) is 11.1. The summed E-state index contributed by atoms with van der Waals surface area (Å²) in [5, 5.41) is 14.1. The molecule has 3 rings (SSSR count). The van der Waals surface area contributed by atoms with E-state index in [4.69, 9.17) is 22.4 Å². The van der Waals surface area contributed by atoms with Crippen molar-refractivity contribution in [2.75, 3.05) is 5.73 Å². The molecule has 0 amide bonds. The first-order valence-corrected chi connectivity index (χ1v) is 6.87. The van der Waals surface area contributed by atoms with Gasteiger partial charge in [-0.2, -0.15) is 5.10 Å². The standard InChI is InChI=1S/C16H12ClN3O2/c17-12-6-4-10(5-7-12)14-9-15(18)20(19-14)13-3-1-2-11(8-13)16(21)22/h1-9H,18H2,(H,21,22). The van der Waals surface area contributed by atoms with Gasteiger partial charge in [-0.3, -0.25) is 0 Å². The highest BCUT2D eigenvalue weighted by Gasteiger charge is 2.11. The van der Waals surface area contributed by atoms with Gasteiger partial charge >= 0.3 is 5.97 Å². The maximum Gasteiger partial charge on any atom is 0.335 e. The lowest BCUT2D eigenvalue weighted by atomic mass is 10.1. The van der Waals surface area contributed by atoms with Crippen molar-refractivity contribution in [2.45, 2.75) is 0 Å². The predicted molar refractivity (Wildman–Crippen MR) is 85.4 cm³/mol. The number of aromatic carboxylic acids is 1. The summed E-state index contributed by atoms with van der Waals surface area (Å²) < 4.78 is 1.51. The number of carbonyl (C=O) groups is 1. The Kier molecular flexibility index (Phi) is 3.56. The zero-order valence-electron chi connectivity index (χ0n) is 11.4. The second-order valence-corrected chi connectivity index (χ2v) is 5.17. The van der Waals surface area contributed by atoms with Crippen LogP contribution in [0.1, 0.15) is 10.4 Å². The number of halogens is 1. The average Bonchev–Trinajstić information content (AvgIpc) is 2.90. The van der Waals surface area contributed by atoms with Gasteiger partial charge in [0.15, 0.2) is 0 Å². The van der Waals surface area contributed by atoms with Gasteiger partial charge in [0.1, 0.15) is 5.82 Å².